The van der Waals surface area contributed by atoms with Crippen LogP contribution in [0.15, 0.2) is 57.5 Å². The fourth-order valence-corrected chi connectivity index (χ4v) is 7.29. The van der Waals surface area contributed by atoms with Crippen LogP contribution in [0.2, 0.25) is 10.0 Å². The van der Waals surface area contributed by atoms with Crippen molar-refractivity contribution >= 4 is 55.1 Å². The van der Waals surface area contributed by atoms with Crippen LogP contribution >= 0.6 is 55.1 Å². The molecule has 0 saturated heterocycles. The lowest BCUT2D eigenvalue weighted by Gasteiger charge is -2.20. The molecule has 136 valence electrons. The highest BCUT2D eigenvalue weighted by Crippen LogP contribution is 3.00. The van der Waals surface area contributed by atoms with Gasteiger partial charge in [-0.25, -0.2) is 0 Å². The summed E-state index contributed by atoms with van der Waals surface area (Å²) in [5.41, 5.74) is 4.10. The van der Waals surface area contributed by atoms with E-state index in [1.54, 1.807) is 0 Å². The van der Waals surface area contributed by atoms with Crippen molar-refractivity contribution < 1.29 is 0 Å². The Labute approximate surface area is 182 Å². The van der Waals surface area contributed by atoms with Gasteiger partial charge in [0.1, 0.15) is 0 Å². The van der Waals surface area contributed by atoms with Crippen LogP contribution in [0.4, 0.5) is 0 Å². The van der Waals surface area contributed by atoms with Gasteiger partial charge in [-0.3, -0.25) is 0 Å². The Balaban J connectivity index is 2.07. The first-order valence-electron chi connectivity index (χ1n) is 8.65. The summed E-state index contributed by atoms with van der Waals surface area (Å²) in [4.78, 5) is 0. The average molecular weight is 515 g/mol. The summed E-state index contributed by atoms with van der Waals surface area (Å²) in [6.45, 7) is 9.51. The van der Waals surface area contributed by atoms with Gasteiger partial charge in [0.25, 0.3) is 0 Å². The van der Waals surface area contributed by atoms with Gasteiger partial charge in [-0.15, -0.1) is 0 Å². The van der Waals surface area contributed by atoms with Crippen molar-refractivity contribution in [1.82, 2.24) is 0 Å². The molecule has 0 aromatic heterocycles. The number of allylic oxidation sites excluding steroid dienone is 1. The quantitative estimate of drug-likeness (QED) is 0.377. The van der Waals surface area contributed by atoms with Crippen molar-refractivity contribution in [1.29, 1.82) is 0 Å². The zero-order valence-electron chi connectivity index (χ0n) is 15.1. The summed E-state index contributed by atoms with van der Waals surface area (Å²) in [6, 6.07) is 16.6. The van der Waals surface area contributed by atoms with Gasteiger partial charge in [0.15, 0.2) is 0 Å². The Bertz CT molecular complexity index is 858. The molecule has 0 bridgehead atoms. The molecule has 2 fully saturated rings. The Morgan fingerprint density at radius 3 is 1.27 bits per heavy atom. The maximum Gasteiger partial charge on any atom is 0.0615 e. The monoisotopic (exact) mass is 512 g/mol. The molecule has 0 atom stereocenters. The molecule has 1 spiro atoms. The highest BCUT2D eigenvalue weighted by molar-refractivity contribution is 9.28. The molecule has 4 heteroatoms. The van der Waals surface area contributed by atoms with E-state index in [0.29, 0.717) is 0 Å². The highest BCUT2D eigenvalue weighted by atomic mass is 79.9. The van der Waals surface area contributed by atoms with Crippen molar-refractivity contribution in [2.45, 2.75) is 33.1 Å². The molecular weight excluding hydrogens is 495 g/mol. The molecule has 0 unspecified atom stereocenters. The lowest BCUT2D eigenvalue weighted by Crippen LogP contribution is -2.16. The average Bonchev–Trinajstić information content (AvgIpc) is 3.33. The standard InChI is InChI=1S/C22H20Br2Cl2/c1-19(2)20(3,4)22(19)17(18(23)24)21(22,13-5-9-15(25)10-6-13)14-7-11-16(26)12-8-14/h5-12H,1-4H3. The van der Waals surface area contributed by atoms with Crippen molar-refractivity contribution in [3.63, 3.8) is 0 Å². The number of halogens is 4. The minimum atomic E-state index is -0.197. The van der Waals surface area contributed by atoms with Crippen LogP contribution < -0.4 is 0 Å². The Hall–Kier alpha value is -0.280. The van der Waals surface area contributed by atoms with Gasteiger partial charge in [-0.2, -0.15) is 0 Å². The molecule has 0 heterocycles. The van der Waals surface area contributed by atoms with E-state index in [1.807, 2.05) is 24.3 Å². The van der Waals surface area contributed by atoms with E-state index < -0.39 is 0 Å². The normalized spacial score (nSPS) is 23.0. The van der Waals surface area contributed by atoms with Crippen molar-refractivity contribution in [2.75, 3.05) is 0 Å². The molecule has 2 saturated carbocycles. The summed E-state index contributed by atoms with van der Waals surface area (Å²) in [5, 5.41) is 1.51. The van der Waals surface area contributed by atoms with E-state index in [9.17, 15) is 0 Å². The third-order valence-corrected chi connectivity index (χ3v) is 8.67. The maximum absolute atomic E-state index is 6.20. The van der Waals surface area contributed by atoms with Gasteiger partial charge >= 0.3 is 0 Å². The summed E-state index contributed by atoms with van der Waals surface area (Å²) < 4.78 is 1.05. The Morgan fingerprint density at radius 2 is 1.04 bits per heavy atom. The van der Waals surface area contributed by atoms with Crippen molar-refractivity contribution in [3.05, 3.63) is 78.7 Å². The first-order chi connectivity index (χ1) is 12.1. The first kappa shape index (κ1) is 19.1. The second kappa shape index (κ2) is 5.63. The van der Waals surface area contributed by atoms with E-state index >= 15 is 0 Å². The predicted molar refractivity (Wildman–Crippen MR) is 119 cm³/mol. The SMILES string of the molecule is CC1(C)C(C)(C)C12C(=C(Br)Br)C2(c1ccc(Cl)cc1)c1ccc(Cl)cc1. The number of benzene rings is 2. The zero-order chi connectivity index (χ0) is 19.1. The van der Waals surface area contributed by atoms with Gasteiger partial charge in [0.2, 0.25) is 0 Å². The van der Waals surface area contributed by atoms with Crippen LogP contribution in [-0.2, 0) is 5.41 Å². The molecule has 2 aliphatic rings. The van der Waals surface area contributed by atoms with Crippen LogP contribution in [0.25, 0.3) is 0 Å². The Kier molecular flexibility index (Phi) is 4.12. The minimum Gasteiger partial charge on any atom is -0.0843 e. The van der Waals surface area contributed by atoms with Crippen LogP contribution in [0.3, 0.4) is 0 Å². The smallest absolute Gasteiger partial charge is 0.0615 e. The highest BCUT2D eigenvalue weighted by Gasteiger charge is 2.97. The summed E-state index contributed by atoms with van der Waals surface area (Å²) in [6.07, 6.45) is 0. The van der Waals surface area contributed by atoms with Crippen LogP contribution in [0.1, 0.15) is 38.8 Å². The second-order valence-corrected chi connectivity index (χ2v) is 11.9. The van der Waals surface area contributed by atoms with Gasteiger partial charge in [-0.05, 0) is 83.7 Å². The number of hydrogen-bond acceptors (Lipinski definition) is 0. The molecule has 26 heavy (non-hydrogen) atoms. The van der Waals surface area contributed by atoms with Crippen LogP contribution in [0.5, 0.6) is 0 Å². The molecule has 0 N–H and O–H groups in total. The molecule has 0 radical (unpaired) electrons. The number of rotatable bonds is 2. The second-order valence-electron chi connectivity index (χ2n) is 8.40. The van der Waals surface area contributed by atoms with Gasteiger partial charge in [0.05, 0.1) is 8.81 Å². The van der Waals surface area contributed by atoms with Crippen LogP contribution in [-0.4, -0.2) is 0 Å². The molecular formula is C22H20Br2Cl2. The Morgan fingerprint density at radius 1 is 0.692 bits per heavy atom. The van der Waals surface area contributed by atoms with E-state index in [2.05, 4.69) is 83.8 Å². The molecule has 2 aromatic rings. The van der Waals surface area contributed by atoms with Crippen molar-refractivity contribution in [3.8, 4) is 0 Å². The summed E-state index contributed by atoms with van der Waals surface area (Å²) in [7, 11) is 0. The maximum atomic E-state index is 6.20. The van der Waals surface area contributed by atoms with Gasteiger partial charge in [0, 0.05) is 15.5 Å². The first-order valence-corrected chi connectivity index (χ1v) is 11.0. The van der Waals surface area contributed by atoms with Crippen molar-refractivity contribution in [2.24, 2.45) is 16.2 Å². The summed E-state index contributed by atoms with van der Waals surface area (Å²) in [5.74, 6) is 0. The molecule has 0 aliphatic heterocycles. The van der Waals surface area contributed by atoms with E-state index in [0.717, 1.165) is 13.4 Å². The van der Waals surface area contributed by atoms with E-state index in [4.69, 9.17) is 23.2 Å². The van der Waals surface area contributed by atoms with E-state index in [-0.39, 0.29) is 21.7 Å². The van der Waals surface area contributed by atoms with E-state index in [1.165, 1.54) is 16.7 Å². The molecule has 2 aromatic carbocycles. The minimum absolute atomic E-state index is 0.0387. The molecule has 0 amide bonds. The fraction of sp³-hybridized carbons (Fsp3) is 0.364. The third kappa shape index (κ3) is 1.93. The summed E-state index contributed by atoms with van der Waals surface area (Å²) >= 11 is 19.9. The largest absolute Gasteiger partial charge is 0.0843 e. The lowest BCUT2D eigenvalue weighted by atomic mass is 9.82. The van der Waals surface area contributed by atoms with Gasteiger partial charge < -0.3 is 0 Å². The van der Waals surface area contributed by atoms with Gasteiger partial charge in [-0.1, -0.05) is 75.2 Å². The fourth-order valence-electron chi connectivity index (χ4n) is 5.85. The molecule has 2 aliphatic carbocycles. The lowest BCUT2D eigenvalue weighted by molar-refractivity contribution is 0.457. The topological polar surface area (TPSA) is 0 Å². The number of hydrogen-bond donors (Lipinski definition) is 0. The molecule has 0 nitrogen and oxygen atoms in total. The third-order valence-electron chi connectivity index (χ3n) is 7.37. The zero-order valence-corrected chi connectivity index (χ0v) is 19.8. The molecule has 4 rings (SSSR count). The predicted octanol–water partition coefficient (Wildman–Crippen LogP) is 8.35. The van der Waals surface area contributed by atoms with Crippen LogP contribution in [0, 0.1) is 16.2 Å².